The molecule has 1 aliphatic heterocycles. The van der Waals surface area contributed by atoms with Crippen LogP contribution in [0.4, 0.5) is 11.4 Å². The molecule has 1 aromatic carbocycles. The number of nitro benzene ring substituents is 1. The fraction of sp³-hybridized carbons (Fsp3) is 0.111. The van der Waals surface area contributed by atoms with Crippen molar-refractivity contribution in [1.29, 1.82) is 0 Å². The van der Waals surface area contributed by atoms with Gasteiger partial charge in [-0.1, -0.05) is 12.1 Å². The van der Waals surface area contributed by atoms with Crippen LogP contribution in [0.25, 0.3) is 0 Å². The van der Waals surface area contributed by atoms with E-state index in [2.05, 4.69) is 0 Å². The van der Waals surface area contributed by atoms with Gasteiger partial charge >= 0.3 is 0 Å². The first-order valence-corrected chi connectivity index (χ1v) is 5.12. The predicted octanol–water partition coefficient (Wildman–Crippen LogP) is 2.58. The van der Waals surface area contributed by atoms with Crippen LogP contribution in [0.2, 0.25) is 0 Å². The van der Waals surface area contributed by atoms with Crippen LogP contribution in [0, 0.1) is 10.1 Å². The molecule has 1 aliphatic rings. The van der Waals surface area contributed by atoms with Gasteiger partial charge in [-0.3, -0.25) is 10.1 Å². The molecule has 0 spiro atoms. The molecule has 0 atom stereocenters. The Balaban J connectivity index is 2.40. The van der Waals surface area contributed by atoms with E-state index in [-0.39, 0.29) is 10.6 Å². The zero-order valence-electron chi connectivity index (χ0n) is 7.29. The number of hydrogen-bond acceptors (Lipinski definition) is 4. The highest BCUT2D eigenvalue weighted by Crippen LogP contribution is 2.31. The predicted molar refractivity (Wildman–Crippen MR) is 57.2 cm³/mol. The molecule has 1 aromatic rings. The molecule has 72 valence electrons. The summed E-state index contributed by atoms with van der Waals surface area (Å²) in [6.07, 6.45) is 1.85. The molecule has 0 aromatic heterocycles. The van der Waals surface area contributed by atoms with Gasteiger partial charge in [-0.2, -0.15) is 0 Å². The zero-order chi connectivity index (χ0) is 9.97. The van der Waals surface area contributed by atoms with Gasteiger partial charge in [-0.15, -0.1) is 11.8 Å². The van der Waals surface area contributed by atoms with Crippen LogP contribution >= 0.6 is 11.8 Å². The van der Waals surface area contributed by atoms with Gasteiger partial charge in [0.1, 0.15) is 5.69 Å². The lowest BCUT2D eigenvalue weighted by molar-refractivity contribution is -0.384. The number of rotatable bonds is 2. The monoisotopic (exact) mass is 208 g/mol. The summed E-state index contributed by atoms with van der Waals surface area (Å²) in [6.45, 7) is 0. The first-order chi connectivity index (χ1) is 6.79. The van der Waals surface area contributed by atoms with E-state index < -0.39 is 0 Å². The van der Waals surface area contributed by atoms with E-state index in [4.69, 9.17) is 0 Å². The quantitative estimate of drug-likeness (QED) is 0.553. The summed E-state index contributed by atoms with van der Waals surface area (Å²) < 4.78 is 0. The van der Waals surface area contributed by atoms with Gasteiger partial charge < -0.3 is 4.90 Å². The lowest BCUT2D eigenvalue weighted by Crippen LogP contribution is -2.12. The van der Waals surface area contributed by atoms with E-state index in [1.54, 1.807) is 30.0 Å². The van der Waals surface area contributed by atoms with Gasteiger partial charge in [0.25, 0.3) is 5.69 Å². The van der Waals surface area contributed by atoms with Gasteiger partial charge in [-0.25, -0.2) is 0 Å². The van der Waals surface area contributed by atoms with Crippen molar-refractivity contribution in [2.75, 3.05) is 10.8 Å². The third-order valence-corrected chi connectivity index (χ3v) is 2.68. The molecule has 0 fully saturated rings. The third-order valence-electron chi connectivity index (χ3n) is 1.94. The van der Waals surface area contributed by atoms with E-state index in [1.807, 2.05) is 16.5 Å². The van der Waals surface area contributed by atoms with Gasteiger partial charge in [-0.05, 0) is 11.5 Å². The molecule has 0 saturated heterocycles. The molecule has 0 amide bonds. The van der Waals surface area contributed by atoms with Gasteiger partial charge in [0, 0.05) is 12.3 Å². The van der Waals surface area contributed by atoms with E-state index in [1.165, 1.54) is 6.07 Å². The summed E-state index contributed by atoms with van der Waals surface area (Å²) in [7, 11) is 0. The number of thioether (sulfide) groups is 1. The van der Waals surface area contributed by atoms with Crippen molar-refractivity contribution in [2.45, 2.75) is 0 Å². The van der Waals surface area contributed by atoms with Crippen molar-refractivity contribution in [3.05, 3.63) is 46.0 Å². The number of benzene rings is 1. The molecule has 0 aliphatic carbocycles. The highest BCUT2D eigenvalue weighted by atomic mass is 32.2. The van der Waals surface area contributed by atoms with Crippen LogP contribution < -0.4 is 4.90 Å². The summed E-state index contributed by atoms with van der Waals surface area (Å²) in [5, 5.41) is 12.7. The van der Waals surface area contributed by atoms with Crippen LogP contribution in [0.5, 0.6) is 0 Å². The SMILES string of the molecule is O=[N+]([O-])c1ccccc1N1C=CSC1. The number of nitro groups is 1. The highest BCUT2D eigenvalue weighted by Gasteiger charge is 2.18. The largest absolute Gasteiger partial charge is 0.332 e. The number of hydrogen-bond donors (Lipinski definition) is 0. The molecule has 5 heteroatoms. The van der Waals surface area contributed by atoms with Crippen molar-refractivity contribution in [2.24, 2.45) is 0 Å². The Kier molecular flexibility index (Phi) is 2.41. The number of anilines is 1. The van der Waals surface area contributed by atoms with Crippen molar-refractivity contribution in [1.82, 2.24) is 0 Å². The van der Waals surface area contributed by atoms with E-state index >= 15 is 0 Å². The minimum atomic E-state index is -0.355. The lowest BCUT2D eigenvalue weighted by Gasteiger charge is -2.13. The Morgan fingerprint density at radius 3 is 2.86 bits per heavy atom. The summed E-state index contributed by atoms with van der Waals surface area (Å²) in [6, 6.07) is 6.76. The van der Waals surface area contributed by atoms with Crippen LogP contribution in [0.3, 0.4) is 0 Å². The average molecular weight is 208 g/mol. The van der Waals surface area contributed by atoms with E-state index in [0.29, 0.717) is 5.69 Å². The topological polar surface area (TPSA) is 46.4 Å². The maximum absolute atomic E-state index is 10.7. The minimum absolute atomic E-state index is 0.152. The normalized spacial score (nSPS) is 14.7. The van der Waals surface area contributed by atoms with Crippen molar-refractivity contribution in [3.63, 3.8) is 0 Å². The minimum Gasteiger partial charge on any atom is -0.332 e. The molecule has 2 rings (SSSR count). The first-order valence-electron chi connectivity index (χ1n) is 4.07. The van der Waals surface area contributed by atoms with Crippen molar-refractivity contribution >= 4 is 23.1 Å². The maximum atomic E-state index is 10.7. The Morgan fingerprint density at radius 2 is 2.21 bits per heavy atom. The molecule has 4 nitrogen and oxygen atoms in total. The summed E-state index contributed by atoms with van der Waals surface area (Å²) in [5.41, 5.74) is 0.804. The van der Waals surface area contributed by atoms with E-state index in [9.17, 15) is 10.1 Å². The third kappa shape index (κ3) is 1.58. The molecule has 0 unspecified atom stereocenters. The molecule has 0 radical (unpaired) electrons. The zero-order valence-corrected chi connectivity index (χ0v) is 8.11. The average Bonchev–Trinajstić information content (AvgIpc) is 2.70. The van der Waals surface area contributed by atoms with Crippen molar-refractivity contribution < 1.29 is 4.92 Å². The van der Waals surface area contributed by atoms with Crippen LogP contribution in [0.1, 0.15) is 0 Å². The Labute approximate surface area is 85.4 Å². The maximum Gasteiger partial charge on any atom is 0.292 e. The fourth-order valence-corrected chi connectivity index (χ4v) is 2.00. The smallest absolute Gasteiger partial charge is 0.292 e. The highest BCUT2D eigenvalue weighted by molar-refractivity contribution is 8.02. The lowest BCUT2D eigenvalue weighted by atomic mass is 10.2. The molecule has 1 heterocycles. The van der Waals surface area contributed by atoms with Crippen LogP contribution in [-0.2, 0) is 0 Å². The second-order valence-electron chi connectivity index (χ2n) is 2.80. The molecule has 14 heavy (non-hydrogen) atoms. The first kappa shape index (κ1) is 9.08. The van der Waals surface area contributed by atoms with Crippen molar-refractivity contribution in [3.8, 4) is 0 Å². The summed E-state index contributed by atoms with van der Waals surface area (Å²) >= 11 is 1.62. The Bertz CT molecular complexity index is 392. The summed E-state index contributed by atoms with van der Waals surface area (Å²) in [5.74, 6) is 0.741. The fourth-order valence-electron chi connectivity index (χ4n) is 1.29. The van der Waals surface area contributed by atoms with Crippen LogP contribution in [0.15, 0.2) is 35.9 Å². The Hall–Kier alpha value is -1.49. The Morgan fingerprint density at radius 1 is 1.43 bits per heavy atom. The summed E-state index contributed by atoms with van der Waals surface area (Å²) in [4.78, 5) is 12.2. The molecule has 0 saturated carbocycles. The second kappa shape index (κ2) is 3.71. The number of nitrogens with zero attached hydrogens (tertiary/aromatic N) is 2. The van der Waals surface area contributed by atoms with Gasteiger partial charge in [0.2, 0.25) is 0 Å². The van der Waals surface area contributed by atoms with E-state index in [0.717, 1.165) is 5.88 Å². The molecule has 0 N–H and O–H groups in total. The standard InChI is InChI=1S/C9H8N2O2S/c12-11(13)9-4-2-1-3-8(9)10-5-6-14-7-10/h1-6H,7H2. The van der Waals surface area contributed by atoms with Gasteiger partial charge in [0.05, 0.1) is 10.8 Å². The van der Waals surface area contributed by atoms with Crippen LogP contribution in [-0.4, -0.2) is 10.8 Å². The molecular formula is C9H8N2O2S. The molecule has 0 bridgehead atoms. The van der Waals surface area contributed by atoms with Gasteiger partial charge in [0.15, 0.2) is 0 Å². The number of para-hydroxylation sites is 2. The second-order valence-corrected chi connectivity index (χ2v) is 3.66. The molecular weight excluding hydrogens is 200 g/mol.